The van der Waals surface area contributed by atoms with Crippen LogP contribution < -0.4 is 10.6 Å². The summed E-state index contributed by atoms with van der Waals surface area (Å²) in [6.45, 7) is 3.67. The first-order valence-electron chi connectivity index (χ1n) is 6.39. The van der Waals surface area contributed by atoms with Crippen LogP contribution in [-0.2, 0) is 13.1 Å². The van der Waals surface area contributed by atoms with Crippen molar-refractivity contribution in [1.82, 2.24) is 10.3 Å². The molecule has 0 bridgehead atoms. The van der Waals surface area contributed by atoms with Crippen molar-refractivity contribution in [3.8, 4) is 0 Å². The van der Waals surface area contributed by atoms with Gasteiger partial charge in [0, 0.05) is 29.3 Å². The molecule has 0 aliphatic carbocycles. The second kappa shape index (κ2) is 5.34. The zero-order valence-electron chi connectivity index (χ0n) is 11.0. The Hall–Kier alpha value is -1.72. The fraction of sp³-hybridized carbons (Fsp3) is 0.200. The average molecular weight is 332 g/mol. The van der Waals surface area contributed by atoms with Crippen molar-refractivity contribution < 1.29 is 4.79 Å². The molecule has 2 aromatic rings. The molecule has 20 heavy (non-hydrogen) atoms. The van der Waals surface area contributed by atoms with Gasteiger partial charge in [-0.25, -0.2) is 4.98 Å². The second-order valence-electron chi connectivity index (χ2n) is 4.86. The molecule has 1 amide bonds. The van der Waals surface area contributed by atoms with Gasteiger partial charge in [0.05, 0.1) is 0 Å². The van der Waals surface area contributed by atoms with E-state index in [9.17, 15) is 4.79 Å². The van der Waals surface area contributed by atoms with Crippen LogP contribution in [0.25, 0.3) is 0 Å². The van der Waals surface area contributed by atoms with Crippen LogP contribution >= 0.6 is 15.9 Å². The molecule has 1 aliphatic heterocycles. The van der Waals surface area contributed by atoms with Crippen LogP contribution in [0, 0.1) is 6.92 Å². The van der Waals surface area contributed by atoms with Crippen molar-refractivity contribution in [3.63, 3.8) is 0 Å². The number of benzene rings is 1. The van der Waals surface area contributed by atoms with Crippen LogP contribution in [0.15, 0.2) is 34.9 Å². The predicted octanol–water partition coefficient (Wildman–Crippen LogP) is 3.01. The summed E-state index contributed by atoms with van der Waals surface area (Å²) in [5, 5.41) is 6.09. The highest BCUT2D eigenvalue weighted by Gasteiger charge is 2.14. The highest BCUT2D eigenvalue weighted by Crippen LogP contribution is 2.20. The smallest absolute Gasteiger partial charge is 0.256 e. The first kappa shape index (κ1) is 13.3. The van der Waals surface area contributed by atoms with E-state index in [0.717, 1.165) is 23.1 Å². The summed E-state index contributed by atoms with van der Waals surface area (Å²) < 4.78 is 0.930. The Morgan fingerprint density at radius 3 is 2.90 bits per heavy atom. The quantitative estimate of drug-likeness (QED) is 0.889. The molecule has 2 N–H and O–H groups in total. The van der Waals surface area contributed by atoms with Crippen molar-refractivity contribution in [2.45, 2.75) is 20.0 Å². The molecule has 0 unspecified atom stereocenters. The normalized spacial score (nSPS) is 13.1. The molecule has 4 nitrogen and oxygen atoms in total. The first-order valence-corrected chi connectivity index (χ1v) is 7.19. The topological polar surface area (TPSA) is 54.0 Å². The van der Waals surface area contributed by atoms with Gasteiger partial charge in [0.15, 0.2) is 0 Å². The number of anilines is 1. The highest BCUT2D eigenvalue weighted by atomic mass is 79.9. The van der Waals surface area contributed by atoms with Crippen LogP contribution in [0.3, 0.4) is 0 Å². The molecular formula is C15H14BrN3O. The third kappa shape index (κ3) is 2.59. The molecule has 0 saturated heterocycles. The Morgan fingerprint density at radius 1 is 1.30 bits per heavy atom. The lowest BCUT2D eigenvalue weighted by atomic mass is 10.1. The van der Waals surface area contributed by atoms with Crippen molar-refractivity contribution in [2.75, 3.05) is 5.32 Å². The summed E-state index contributed by atoms with van der Waals surface area (Å²) in [6.07, 6.45) is 1.69. The monoisotopic (exact) mass is 331 g/mol. The number of carbonyl (C=O) groups excluding carboxylic acids is 1. The number of rotatable bonds is 2. The van der Waals surface area contributed by atoms with E-state index in [0.29, 0.717) is 11.4 Å². The Morgan fingerprint density at radius 2 is 2.10 bits per heavy atom. The lowest BCUT2D eigenvalue weighted by Gasteiger charge is -2.07. The molecule has 0 radical (unpaired) electrons. The average Bonchev–Trinajstić information content (AvgIpc) is 2.90. The molecule has 0 fully saturated rings. The summed E-state index contributed by atoms with van der Waals surface area (Å²) >= 11 is 3.39. The van der Waals surface area contributed by atoms with E-state index in [2.05, 4.69) is 31.5 Å². The summed E-state index contributed by atoms with van der Waals surface area (Å²) in [5.41, 5.74) is 4.15. The minimum Gasteiger partial charge on any atom is -0.309 e. The summed E-state index contributed by atoms with van der Waals surface area (Å²) in [4.78, 5) is 16.4. The van der Waals surface area contributed by atoms with Crippen molar-refractivity contribution in [3.05, 3.63) is 57.2 Å². The number of carbonyl (C=O) groups is 1. The van der Waals surface area contributed by atoms with Crippen LogP contribution in [-0.4, -0.2) is 10.9 Å². The predicted molar refractivity (Wildman–Crippen MR) is 81.6 cm³/mol. The Balaban J connectivity index is 1.80. The largest absolute Gasteiger partial charge is 0.309 e. The zero-order valence-corrected chi connectivity index (χ0v) is 12.6. The van der Waals surface area contributed by atoms with Crippen LogP contribution in [0.4, 0.5) is 5.82 Å². The number of aromatic nitrogens is 1. The van der Waals surface area contributed by atoms with Gasteiger partial charge < -0.3 is 10.6 Å². The number of nitrogens with one attached hydrogen (secondary N) is 2. The number of hydrogen-bond acceptors (Lipinski definition) is 3. The van der Waals surface area contributed by atoms with Crippen LogP contribution in [0.2, 0.25) is 0 Å². The summed E-state index contributed by atoms with van der Waals surface area (Å²) in [6, 6.07) is 7.64. The molecule has 2 heterocycles. The van der Waals surface area contributed by atoms with E-state index in [-0.39, 0.29) is 5.91 Å². The zero-order chi connectivity index (χ0) is 14.1. The third-order valence-corrected chi connectivity index (χ3v) is 4.22. The molecule has 1 aromatic heterocycles. The first-order chi connectivity index (χ1) is 9.63. The van der Waals surface area contributed by atoms with E-state index in [4.69, 9.17) is 0 Å². The number of pyridine rings is 1. The van der Waals surface area contributed by atoms with Gasteiger partial charge in [-0.1, -0.05) is 6.07 Å². The van der Waals surface area contributed by atoms with E-state index >= 15 is 0 Å². The number of hydrogen-bond donors (Lipinski definition) is 2. The second-order valence-corrected chi connectivity index (χ2v) is 5.71. The van der Waals surface area contributed by atoms with Gasteiger partial charge in [-0.15, -0.1) is 0 Å². The fourth-order valence-corrected chi connectivity index (χ4v) is 2.45. The van der Waals surface area contributed by atoms with E-state index in [1.54, 1.807) is 6.20 Å². The molecular weight excluding hydrogens is 318 g/mol. The lowest BCUT2D eigenvalue weighted by molar-refractivity contribution is 0.102. The van der Waals surface area contributed by atoms with E-state index < -0.39 is 0 Å². The van der Waals surface area contributed by atoms with Gasteiger partial charge in [-0.05, 0) is 57.7 Å². The maximum atomic E-state index is 12.2. The number of amides is 1. The van der Waals surface area contributed by atoms with Gasteiger partial charge in [-0.3, -0.25) is 4.79 Å². The number of nitrogens with zero attached hydrogens (tertiary/aromatic N) is 1. The summed E-state index contributed by atoms with van der Waals surface area (Å²) in [7, 11) is 0. The maximum absolute atomic E-state index is 12.2. The minimum absolute atomic E-state index is 0.131. The number of fused-ring (bicyclic) bond motifs is 1. The number of halogens is 1. The molecule has 3 rings (SSSR count). The maximum Gasteiger partial charge on any atom is 0.256 e. The summed E-state index contributed by atoms with van der Waals surface area (Å²) in [5.74, 6) is 0.434. The minimum atomic E-state index is -0.131. The van der Waals surface area contributed by atoms with Gasteiger partial charge in [0.25, 0.3) is 5.91 Å². The van der Waals surface area contributed by atoms with Crippen molar-refractivity contribution in [2.24, 2.45) is 0 Å². The molecule has 0 spiro atoms. The van der Waals surface area contributed by atoms with E-state index in [1.807, 2.05) is 31.2 Å². The molecule has 5 heteroatoms. The fourth-order valence-electron chi connectivity index (χ4n) is 2.23. The van der Waals surface area contributed by atoms with Crippen LogP contribution in [0.5, 0.6) is 0 Å². The molecule has 0 saturated carbocycles. The van der Waals surface area contributed by atoms with Crippen molar-refractivity contribution >= 4 is 27.7 Å². The standard InChI is InChI=1S/C15H14BrN3O/c1-9-4-14(18-8-13(9)16)19-15(20)10-2-3-11-6-17-7-12(11)5-10/h2-5,8,17H,6-7H2,1H3,(H,18,19,20). The lowest BCUT2D eigenvalue weighted by Crippen LogP contribution is -2.13. The van der Waals surface area contributed by atoms with Gasteiger partial charge in [0.2, 0.25) is 0 Å². The van der Waals surface area contributed by atoms with Crippen LogP contribution in [0.1, 0.15) is 27.0 Å². The SMILES string of the molecule is Cc1cc(NC(=O)c2ccc3c(c2)CNC3)ncc1Br. The third-order valence-electron chi connectivity index (χ3n) is 3.39. The Labute approximate surface area is 125 Å². The Bertz CT molecular complexity index is 685. The molecule has 1 aliphatic rings. The van der Waals surface area contributed by atoms with Gasteiger partial charge >= 0.3 is 0 Å². The highest BCUT2D eigenvalue weighted by molar-refractivity contribution is 9.10. The van der Waals surface area contributed by atoms with Crippen molar-refractivity contribution in [1.29, 1.82) is 0 Å². The van der Waals surface area contributed by atoms with Gasteiger partial charge in [0.1, 0.15) is 5.82 Å². The van der Waals surface area contributed by atoms with E-state index in [1.165, 1.54) is 11.1 Å². The molecule has 0 atom stereocenters. The Kier molecular flexibility index (Phi) is 3.54. The molecule has 1 aromatic carbocycles. The van der Waals surface area contributed by atoms with Gasteiger partial charge in [-0.2, -0.15) is 0 Å². The number of aryl methyl sites for hydroxylation is 1. The molecule has 102 valence electrons.